The second-order valence-electron chi connectivity index (χ2n) is 26.4. The van der Waals surface area contributed by atoms with Crippen LogP contribution in [0.4, 0.5) is 0 Å². The van der Waals surface area contributed by atoms with E-state index in [0.717, 1.165) is 25.7 Å². The minimum atomic E-state index is -1.96. The van der Waals surface area contributed by atoms with Crippen molar-refractivity contribution < 1.29 is 138 Å². The highest BCUT2D eigenvalue weighted by Crippen LogP contribution is 2.71. The molecule has 28 nitrogen and oxygen atoms in total. The molecule has 11 fully saturated rings. The molecular weight excluding hydrogens is 1110 g/mol. The second kappa shape index (κ2) is 24.0. The Bertz CT molecular complexity index is 2240. The van der Waals surface area contributed by atoms with E-state index >= 15 is 0 Å². The number of carbonyl (C=O) groups excluding carboxylic acids is 1. The van der Waals surface area contributed by atoms with E-state index in [-0.39, 0.29) is 52.8 Å². The summed E-state index contributed by atoms with van der Waals surface area (Å²) in [7, 11) is 0. The molecule has 0 aromatic carbocycles. The smallest absolute Gasteiger partial charge is 0.311 e. The molecule has 476 valence electrons. The van der Waals surface area contributed by atoms with Gasteiger partial charge in [0.25, 0.3) is 0 Å². The molecule has 0 aromatic rings. The maximum Gasteiger partial charge on any atom is 0.311 e. The van der Waals surface area contributed by atoms with E-state index in [1.165, 1.54) is 6.92 Å². The van der Waals surface area contributed by atoms with Crippen molar-refractivity contribution in [2.24, 2.45) is 52.3 Å². The van der Waals surface area contributed by atoms with Crippen molar-refractivity contribution in [2.75, 3.05) is 26.4 Å². The molecular formula is C55H88O28. The Hall–Kier alpha value is -1.57. The summed E-state index contributed by atoms with van der Waals surface area (Å²) < 4.78 is 73.5. The molecule has 4 aliphatic carbocycles. The molecule has 0 unspecified atom stereocenters. The van der Waals surface area contributed by atoms with Crippen molar-refractivity contribution in [1.29, 1.82) is 0 Å². The Kier molecular flexibility index (Phi) is 18.2. The fourth-order valence-electron chi connectivity index (χ4n) is 17.1. The van der Waals surface area contributed by atoms with Crippen LogP contribution in [0.25, 0.3) is 0 Å². The van der Waals surface area contributed by atoms with Gasteiger partial charge in [-0.25, -0.2) is 0 Å². The molecule has 0 radical (unpaired) electrons. The highest BCUT2D eigenvalue weighted by Gasteiger charge is 2.75. The van der Waals surface area contributed by atoms with Crippen molar-refractivity contribution >= 4 is 5.97 Å². The Morgan fingerprint density at radius 1 is 0.518 bits per heavy atom. The Balaban J connectivity index is 0.834. The Morgan fingerprint density at radius 3 is 1.75 bits per heavy atom. The summed E-state index contributed by atoms with van der Waals surface area (Å²) in [6.07, 6.45) is -38.0. The molecule has 1 spiro atoms. The molecule has 83 heavy (non-hydrogen) atoms. The maximum absolute atomic E-state index is 12.9. The maximum atomic E-state index is 12.9. The molecule has 0 bridgehead atoms. The molecule has 0 amide bonds. The zero-order valence-electron chi connectivity index (χ0n) is 47.1. The first-order valence-electron chi connectivity index (χ1n) is 29.7. The normalized spacial score (nSPS) is 58.2. The number of hydrogen-bond donors (Lipinski definition) is 15. The van der Waals surface area contributed by atoms with Gasteiger partial charge >= 0.3 is 5.97 Å². The summed E-state index contributed by atoms with van der Waals surface area (Å²) in [6, 6.07) is 0. The Morgan fingerprint density at radius 2 is 1.10 bits per heavy atom. The summed E-state index contributed by atoms with van der Waals surface area (Å²) in [5, 5.41) is 166. The fourth-order valence-corrected chi connectivity index (χ4v) is 17.1. The van der Waals surface area contributed by atoms with Gasteiger partial charge in [0.1, 0.15) is 110 Å². The van der Waals surface area contributed by atoms with E-state index in [4.69, 9.17) is 56.8 Å². The number of esters is 1. The van der Waals surface area contributed by atoms with Crippen molar-refractivity contribution in [3.05, 3.63) is 0 Å². The van der Waals surface area contributed by atoms with Crippen LogP contribution in [0.2, 0.25) is 0 Å². The molecule has 37 atom stereocenters. The molecule has 0 aromatic heterocycles. The average Bonchev–Trinajstić information content (AvgIpc) is 1.76. The molecule has 4 saturated carbocycles. The van der Waals surface area contributed by atoms with Gasteiger partial charge in [-0.05, 0) is 92.8 Å². The van der Waals surface area contributed by atoms with Crippen LogP contribution in [0, 0.1) is 52.3 Å². The summed E-state index contributed by atoms with van der Waals surface area (Å²) in [5.74, 6) is -2.62. The quantitative estimate of drug-likeness (QED) is 0.0641. The van der Waals surface area contributed by atoms with Gasteiger partial charge in [-0.1, -0.05) is 27.7 Å². The first-order valence-corrected chi connectivity index (χ1v) is 29.7. The van der Waals surface area contributed by atoms with E-state index in [0.29, 0.717) is 19.3 Å². The third-order valence-electron chi connectivity index (χ3n) is 21.7. The van der Waals surface area contributed by atoms with Gasteiger partial charge in [0.15, 0.2) is 31.5 Å². The fraction of sp³-hybridized carbons (Fsp3) is 0.982. The zero-order valence-corrected chi connectivity index (χ0v) is 47.1. The van der Waals surface area contributed by atoms with Gasteiger partial charge < -0.3 is 133 Å². The largest absolute Gasteiger partial charge is 0.430 e. The van der Waals surface area contributed by atoms with Crippen molar-refractivity contribution in [1.82, 2.24) is 0 Å². The van der Waals surface area contributed by atoms with Gasteiger partial charge in [-0.3, -0.25) is 4.79 Å². The van der Waals surface area contributed by atoms with Crippen LogP contribution in [0.15, 0.2) is 0 Å². The van der Waals surface area contributed by atoms with Crippen LogP contribution in [-0.2, 0) is 61.6 Å². The summed E-state index contributed by atoms with van der Waals surface area (Å²) in [4.78, 5) is 12.9. The lowest BCUT2D eigenvalue weighted by atomic mass is 9.44. The Labute approximate surface area is 479 Å². The lowest BCUT2D eigenvalue weighted by Crippen LogP contribution is -2.68. The number of rotatable bonds is 12. The van der Waals surface area contributed by atoms with Crippen LogP contribution >= 0.6 is 0 Å². The van der Waals surface area contributed by atoms with Crippen LogP contribution in [-0.4, -0.2) is 281 Å². The predicted octanol–water partition coefficient (Wildman–Crippen LogP) is -5.31. The van der Waals surface area contributed by atoms with E-state index < -0.39 is 210 Å². The zero-order chi connectivity index (χ0) is 59.7. The first kappa shape index (κ1) is 63.0. The first-order chi connectivity index (χ1) is 39.3. The third kappa shape index (κ3) is 10.7. The molecule has 11 aliphatic rings. The molecule has 15 N–H and O–H groups in total. The van der Waals surface area contributed by atoms with E-state index in [9.17, 15) is 81.4 Å². The van der Waals surface area contributed by atoms with Gasteiger partial charge in [-0.15, -0.1) is 0 Å². The molecule has 7 aliphatic heterocycles. The van der Waals surface area contributed by atoms with Crippen LogP contribution in [0.5, 0.6) is 0 Å². The van der Waals surface area contributed by atoms with Crippen LogP contribution < -0.4 is 0 Å². The average molecular weight is 1200 g/mol. The lowest BCUT2D eigenvalue weighted by molar-refractivity contribution is -0.408. The van der Waals surface area contributed by atoms with Crippen molar-refractivity contribution in [3.63, 3.8) is 0 Å². The SMILES string of the molecule is C[C@@H]1C[C@H](O)[C@@]2(OC1=O)O[C@H]1[C@H](O)[C@@H]3[C@@H]4CC[C@H]5C[C@@H](O[C@@H]6O[C@H](CO)[C@H](O[C@@H]7O[C@H](CO)[C@@H](O)[C@H](O[C@@H]8OC[C@@H](O)[C@H](O)[C@H]8O)[C@H]7O[C@@H]7OC[C@H](O)[C@H](O)[C@H]7O)[C@H](O)[C@H]6O[C@@H]6O[C@@H](C)[C@H](O)[C@@H](O)[C@H]6O)CC[C@]5(C)[C@H]4CC[C@]3(C)[C@H]1[C@@H]2C. The summed E-state index contributed by atoms with van der Waals surface area (Å²) in [6.45, 7) is 6.71. The highest BCUT2D eigenvalue weighted by molar-refractivity contribution is 5.73. The van der Waals surface area contributed by atoms with Crippen LogP contribution in [0.1, 0.15) is 86.0 Å². The van der Waals surface area contributed by atoms with Crippen molar-refractivity contribution in [2.45, 2.75) is 258 Å². The third-order valence-corrected chi connectivity index (χ3v) is 21.7. The number of fused-ring (bicyclic) bond motifs is 7. The van der Waals surface area contributed by atoms with E-state index in [1.807, 2.05) is 6.92 Å². The monoisotopic (exact) mass is 1200 g/mol. The van der Waals surface area contributed by atoms with Crippen molar-refractivity contribution in [3.8, 4) is 0 Å². The molecule has 7 heterocycles. The van der Waals surface area contributed by atoms with Crippen LogP contribution in [0.3, 0.4) is 0 Å². The number of aliphatic hydroxyl groups excluding tert-OH is 15. The number of carbonyl (C=O) groups is 1. The molecule has 7 saturated heterocycles. The molecule has 11 rings (SSSR count). The van der Waals surface area contributed by atoms with Gasteiger partial charge in [-0.2, -0.15) is 0 Å². The topological polar surface area (TPSA) is 431 Å². The van der Waals surface area contributed by atoms with E-state index in [2.05, 4.69) is 13.8 Å². The number of ether oxygens (including phenoxy) is 12. The minimum Gasteiger partial charge on any atom is -0.430 e. The second-order valence-corrected chi connectivity index (χ2v) is 26.4. The summed E-state index contributed by atoms with van der Waals surface area (Å²) in [5.41, 5.74) is -0.576. The lowest BCUT2D eigenvalue weighted by Gasteiger charge is -2.61. The number of hydrogen-bond acceptors (Lipinski definition) is 28. The predicted molar refractivity (Wildman–Crippen MR) is 270 cm³/mol. The number of aliphatic hydroxyl groups is 15. The van der Waals surface area contributed by atoms with E-state index in [1.54, 1.807) is 6.92 Å². The molecule has 28 heteroatoms. The minimum absolute atomic E-state index is 0.107. The highest BCUT2D eigenvalue weighted by atomic mass is 16.8. The van der Waals surface area contributed by atoms with Gasteiger partial charge in [0.05, 0.1) is 56.8 Å². The summed E-state index contributed by atoms with van der Waals surface area (Å²) >= 11 is 0. The van der Waals surface area contributed by atoms with Gasteiger partial charge in [0.2, 0.25) is 5.79 Å². The van der Waals surface area contributed by atoms with Gasteiger partial charge in [0, 0.05) is 11.8 Å². The standard InChI is InChI=1S/C55H88O28/c1-18-12-29(60)55(83-47(18)71)19(2)30-43(82-55)36(65)31-23-7-6-21-13-22(8-10-53(21,4)24(23)9-11-54(30,31)5)75-51-45(80-50-40(69)37(66)32(61)20(3)74-50)41(70)42(28(15-57)77-51)78-52-46(81-49-39(68)34(63)26(59)17-73-49)44(35(64)27(14-56)76-52)79-48-38(67)33(62)25(58)16-72-48/h18-46,48-52,56-70H,6-17H2,1-5H3/t18-,19+,20+,21+,22+,23-,24+,25-,26+,27-,28-,29+,30+,31+,32+,33+,34+,35-,36-,37-,38-,39-,40-,41+,42+,43-,44+,45-,46-,48+,49+,50+,51-,52+,53+,54-,55-/m1/s1.